The topological polar surface area (TPSA) is 98.9 Å². The summed E-state index contributed by atoms with van der Waals surface area (Å²) in [6, 6.07) is 1.79. The molecule has 1 fully saturated rings. The Bertz CT molecular complexity index is 846. The van der Waals surface area contributed by atoms with Crippen molar-refractivity contribution in [2.24, 2.45) is 4.99 Å². The second kappa shape index (κ2) is 12.8. The molecule has 2 aromatic heterocycles. The van der Waals surface area contributed by atoms with Gasteiger partial charge in [-0.15, -0.1) is 24.0 Å². The fraction of sp³-hybridized carbons (Fsp3) is 0.600. The molecule has 0 spiro atoms. The number of halogens is 1. The highest BCUT2D eigenvalue weighted by Crippen LogP contribution is 2.19. The highest BCUT2D eigenvalue weighted by Gasteiger charge is 2.22. The number of piperazine rings is 1. The van der Waals surface area contributed by atoms with Gasteiger partial charge in [0.25, 0.3) is 5.91 Å². The number of carbonyl (C=O) groups excluding carboxylic acids is 1. The first-order chi connectivity index (χ1) is 14.6. The Morgan fingerprint density at radius 3 is 2.65 bits per heavy atom. The first-order valence-corrected chi connectivity index (χ1v) is 11.3. The lowest BCUT2D eigenvalue weighted by Crippen LogP contribution is -2.52. The van der Waals surface area contributed by atoms with Gasteiger partial charge in [-0.25, -0.2) is 4.98 Å². The molecule has 31 heavy (non-hydrogen) atoms. The molecule has 0 bridgehead atoms. The molecule has 0 aliphatic carbocycles. The van der Waals surface area contributed by atoms with Gasteiger partial charge in [-0.1, -0.05) is 6.92 Å². The highest BCUT2D eigenvalue weighted by atomic mass is 127. The third-order valence-electron chi connectivity index (χ3n) is 4.91. The fourth-order valence-electron chi connectivity index (χ4n) is 3.20. The van der Waals surface area contributed by atoms with Crippen molar-refractivity contribution < 1.29 is 9.21 Å². The molecule has 11 heteroatoms. The number of amides is 1. The van der Waals surface area contributed by atoms with E-state index in [1.54, 1.807) is 6.07 Å². The van der Waals surface area contributed by atoms with E-state index in [-0.39, 0.29) is 29.9 Å². The van der Waals surface area contributed by atoms with Crippen LogP contribution in [0.5, 0.6) is 0 Å². The molecule has 2 N–H and O–H groups in total. The van der Waals surface area contributed by atoms with Crippen LogP contribution in [0.25, 0.3) is 0 Å². The lowest BCUT2D eigenvalue weighted by molar-refractivity contribution is 0.0925. The summed E-state index contributed by atoms with van der Waals surface area (Å²) >= 11 is 1.48. The minimum Gasteiger partial charge on any atom is -0.459 e. The number of aryl methyl sites for hydroxylation is 2. The molecule has 172 valence electrons. The lowest BCUT2D eigenvalue weighted by Gasteiger charge is -2.36. The van der Waals surface area contributed by atoms with Crippen molar-refractivity contribution in [2.45, 2.75) is 33.6 Å². The molecule has 3 heterocycles. The van der Waals surface area contributed by atoms with E-state index in [2.05, 4.69) is 43.6 Å². The van der Waals surface area contributed by atoms with Gasteiger partial charge in [-0.3, -0.25) is 9.79 Å². The molecule has 3 rings (SSSR count). The molecule has 9 nitrogen and oxygen atoms in total. The van der Waals surface area contributed by atoms with Gasteiger partial charge in [-0.05, 0) is 26.3 Å². The monoisotopic (exact) mass is 561 g/mol. The van der Waals surface area contributed by atoms with Crippen LogP contribution in [-0.4, -0.2) is 71.9 Å². The largest absolute Gasteiger partial charge is 0.459 e. The standard InChI is InChI=1S/C20H31N7O2S.HI/c1-4-16-24-20(30-25-16)27-12-10-26(11-13-27)19(21-5-2)23-9-6-8-22-18(28)17-15(3)7-14-29-17;/h7,14H,4-6,8-13H2,1-3H3,(H,21,23)(H,22,28);1H. The van der Waals surface area contributed by atoms with E-state index in [0.717, 1.165) is 68.0 Å². The number of nitrogens with one attached hydrogen (secondary N) is 2. The first-order valence-electron chi connectivity index (χ1n) is 10.6. The maximum atomic E-state index is 12.1. The summed E-state index contributed by atoms with van der Waals surface area (Å²) in [5, 5.41) is 7.28. The van der Waals surface area contributed by atoms with Crippen LogP contribution in [0.15, 0.2) is 21.7 Å². The Balaban J connectivity index is 0.00000341. The lowest BCUT2D eigenvalue weighted by atomic mass is 10.2. The van der Waals surface area contributed by atoms with Crippen LogP contribution >= 0.6 is 35.5 Å². The van der Waals surface area contributed by atoms with Gasteiger partial charge in [0.05, 0.1) is 6.26 Å². The summed E-state index contributed by atoms with van der Waals surface area (Å²) in [5.41, 5.74) is 0.846. The third kappa shape index (κ3) is 7.06. The number of aromatic nitrogens is 2. The van der Waals surface area contributed by atoms with Gasteiger partial charge in [0.15, 0.2) is 11.7 Å². The van der Waals surface area contributed by atoms with Gasteiger partial charge in [0.2, 0.25) is 5.13 Å². The predicted molar refractivity (Wildman–Crippen MR) is 135 cm³/mol. The molecule has 2 aromatic rings. The number of hydrogen-bond donors (Lipinski definition) is 2. The first kappa shape index (κ1) is 25.4. The minimum atomic E-state index is -0.174. The number of aliphatic imine (C=N–C) groups is 1. The number of anilines is 1. The second-order valence-electron chi connectivity index (χ2n) is 7.10. The smallest absolute Gasteiger partial charge is 0.287 e. The SMILES string of the molecule is CCNC(=NCCCNC(=O)c1occc1C)N1CCN(c2nc(CC)ns2)CC1.I. The number of nitrogens with zero attached hydrogens (tertiary/aromatic N) is 5. The Hall–Kier alpha value is -1.89. The molecular weight excluding hydrogens is 529 g/mol. The molecule has 0 aromatic carbocycles. The minimum absolute atomic E-state index is 0. The Labute approximate surface area is 204 Å². The normalized spacial score (nSPS) is 14.4. The second-order valence-corrected chi connectivity index (χ2v) is 7.83. The van der Waals surface area contributed by atoms with E-state index in [9.17, 15) is 4.79 Å². The van der Waals surface area contributed by atoms with E-state index < -0.39 is 0 Å². The molecule has 0 saturated carbocycles. The summed E-state index contributed by atoms with van der Waals surface area (Å²) in [7, 11) is 0. The van der Waals surface area contributed by atoms with Crippen molar-refractivity contribution in [3.8, 4) is 0 Å². The number of guanidine groups is 1. The van der Waals surface area contributed by atoms with Crippen molar-refractivity contribution in [1.29, 1.82) is 0 Å². The van der Waals surface area contributed by atoms with Crippen molar-refractivity contribution in [3.63, 3.8) is 0 Å². The van der Waals surface area contributed by atoms with Crippen LogP contribution in [0.3, 0.4) is 0 Å². The zero-order valence-electron chi connectivity index (χ0n) is 18.4. The Morgan fingerprint density at radius 2 is 2.03 bits per heavy atom. The highest BCUT2D eigenvalue weighted by molar-refractivity contribution is 14.0. The number of hydrogen-bond acceptors (Lipinski definition) is 7. The van der Waals surface area contributed by atoms with Crippen molar-refractivity contribution in [1.82, 2.24) is 24.9 Å². The van der Waals surface area contributed by atoms with Gasteiger partial charge in [0, 0.05) is 69.3 Å². The van der Waals surface area contributed by atoms with E-state index in [0.29, 0.717) is 18.8 Å². The van der Waals surface area contributed by atoms with Gasteiger partial charge in [-0.2, -0.15) is 4.37 Å². The average molecular weight is 561 g/mol. The quantitative estimate of drug-likeness (QED) is 0.221. The van der Waals surface area contributed by atoms with Crippen LogP contribution in [0.4, 0.5) is 5.13 Å². The molecule has 0 radical (unpaired) electrons. The van der Waals surface area contributed by atoms with E-state index >= 15 is 0 Å². The molecular formula is C20H32IN7O2S. The van der Waals surface area contributed by atoms with E-state index in [1.807, 2.05) is 6.92 Å². The van der Waals surface area contributed by atoms with Gasteiger partial charge < -0.3 is 24.9 Å². The Morgan fingerprint density at radius 1 is 1.26 bits per heavy atom. The van der Waals surface area contributed by atoms with Crippen LogP contribution in [0.2, 0.25) is 0 Å². The maximum Gasteiger partial charge on any atom is 0.287 e. The molecule has 1 saturated heterocycles. The summed E-state index contributed by atoms with van der Waals surface area (Å²) in [6.45, 7) is 11.6. The third-order valence-corrected chi connectivity index (χ3v) is 5.72. The van der Waals surface area contributed by atoms with E-state index in [1.165, 1.54) is 17.8 Å². The molecule has 1 amide bonds. The van der Waals surface area contributed by atoms with Gasteiger partial charge in [0.1, 0.15) is 5.82 Å². The number of furan rings is 1. The number of rotatable bonds is 8. The molecule has 0 unspecified atom stereocenters. The van der Waals surface area contributed by atoms with Crippen LogP contribution in [0.1, 0.15) is 42.2 Å². The fourth-order valence-corrected chi connectivity index (χ4v) is 4.00. The molecule has 1 aliphatic heterocycles. The summed E-state index contributed by atoms with van der Waals surface area (Å²) in [6.07, 6.45) is 3.17. The number of carbonyl (C=O) groups is 1. The zero-order chi connectivity index (χ0) is 21.3. The summed E-state index contributed by atoms with van der Waals surface area (Å²) in [4.78, 5) is 26.0. The zero-order valence-corrected chi connectivity index (χ0v) is 21.5. The summed E-state index contributed by atoms with van der Waals surface area (Å²) < 4.78 is 9.60. The Kier molecular flexibility index (Phi) is 10.5. The van der Waals surface area contributed by atoms with Crippen LogP contribution in [0, 0.1) is 6.92 Å². The molecule has 1 aliphatic rings. The van der Waals surface area contributed by atoms with Crippen LogP contribution < -0.4 is 15.5 Å². The van der Waals surface area contributed by atoms with Crippen molar-refractivity contribution >= 4 is 52.5 Å². The summed E-state index contributed by atoms with van der Waals surface area (Å²) in [5.74, 6) is 2.05. The van der Waals surface area contributed by atoms with Crippen molar-refractivity contribution in [2.75, 3.05) is 50.7 Å². The maximum absolute atomic E-state index is 12.1. The van der Waals surface area contributed by atoms with E-state index in [4.69, 9.17) is 9.41 Å². The molecule has 0 atom stereocenters. The van der Waals surface area contributed by atoms with Gasteiger partial charge >= 0.3 is 0 Å². The van der Waals surface area contributed by atoms with Crippen molar-refractivity contribution in [3.05, 3.63) is 29.5 Å². The predicted octanol–water partition coefficient (Wildman–Crippen LogP) is 2.53. The average Bonchev–Trinajstić information content (AvgIpc) is 3.42. The van der Waals surface area contributed by atoms with Crippen LogP contribution in [-0.2, 0) is 6.42 Å².